The van der Waals surface area contributed by atoms with Gasteiger partial charge in [-0.05, 0) is 12.8 Å². The minimum Gasteiger partial charge on any atom is -0.350 e. The monoisotopic (exact) mass is 134 g/mol. The second kappa shape index (κ2) is 2.77. The molecular weight excluding hydrogens is 123 g/mol. The van der Waals surface area contributed by atoms with Crippen molar-refractivity contribution in [1.82, 2.24) is 0 Å². The Balaban J connectivity index is 2.24. The van der Waals surface area contributed by atoms with Crippen molar-refractivity contribution in [2.24, 2.45) is 0 Å². The summed E-state index contributed by atoms with van der Waals surface area (Å²) >= 11 is 0. The molecule has 0 aromatic heterocycles. The molecule has 0 amide bonds. The first-order valence-electron chi connectivity index (χ1n) is 2.97. The molecule has 0 unspecified atom stereocenters. The van der Waals surface area contributed by atoms with E-state index in [1.807, 2.05) is 0 Å². The zero-order valence-electron chi connectivity index (χ0n) is 4.75. The Hall–Kier alpha value is 0.350. The Labute approximate surface area is 50.5 Å². The van der Waals surface area contributed by atoms with Crippen LogP contribution in [0.3, 0.4) is 0 Å². The van der Waals surface area contributed by atoms with E-state index in [9.17, 15) is 0 Å². The molecule has 0 bridgehead atoms. The first-order chi connectivity index (χ1) is 3.80. The van der Waals surface area contributed by atoms with Crippen LogP contribution >= 0.6 is 8.38 Å². The average Bonchev–Trinajstić information content (AvgIpc) is 2.12. The minimum absolute atomic E-state index is 0.241. The topological polar surface area (TPSA) is 40.5 Å². The van der Waals surface area contributed by atoms with Crippen molar-refractivity contribution in [2.45, 2.75) is 31.3 Å². The van der Waals surface area contributed by atoms with Gasteiger partial charge in [0.25, 0.3) is 0 Å². The van der Waals surface area contributed by atoms with Crippen molar-refractivity contribution in [3.05, 3.63) is 0 Å². The van der Waals surface area contributed by atoms with Gasteiger partial charge in [-0.15, -0.1) is 0 Å². The van der Waals surface area contributed by atoms with E-state index in [2.05, 4.69) is 0 Å². The lowest BCUT2D eigenvalue weighted by atomic mass is 10.4. The van der Waals surface area contributed by atoms with Crippen molar-refractivity contribution < 1.29 is 9.79 Å². The van der Waals surface area contributed by atoms with E-state index < -0.39 is 8.38 Å². The van der Waals surface area contributed by atoms with Crippen LogP contribution in [0.15, 0.2) is 0 Å². The fourth-order valence-corrected chi connectivity index (χ4v) is 1.96. The molecule has 8 heavy (non-hydrogen) atoms. The van der Waals surface area contributed by atoms with E-state index in [4.69, 9.17) is 9.79 Å². The molecular formula is C5H11O2P. The van der Waals surface area contributed by atoms with E-state index in [1.165, 1.54) is 12.8 Å². The molecule has 1 aliphatic carbocycles. The van der Waals surface area contributed by atoms with Crippen molar-refractivity contribution in [3.63, 3.8) is 0 Å². The molecule has 0 heterocycles. The summed E-state index contributed by atoms with van der Waals surface area (Å²) in [7, 11) is -1.60. The van der Waals surface area contributed by atoms with E-state index in [0.717, 1.165) is 12.8 Å². The van der Waals surface area contributed by atoms with Gasteiger partial charge in [-0.25, -0.2) is 0 Å². The minimum atomic E-state index is -1.60. The molecule has 2 N–H and O–H groups in total. The van der Waals surface area contributed by atoms with Gasteiger partial charge >= 0.3 is 0 Å². The van der Waals surface area contributed by atoms with Gasteiger partial charge in [0.05, 0.1) is 0 Å². The molecule has 48 valence electrons. The second-order valence-electron chi connectivity index (χ2n) is 2.26. The van der Waals surface area contributed by atoms with Crippen LogP contribution in [0.25, 0.3) is 0 Å². The first-order valence-corrected chi connectivity index (χ1v) is 4.29. The highest BCUT2D eigenvalue weighted by Gasteiger charge is 2.21. The summed E-state index contributed by atoms with van der Waals surface area (Å²) in [6, 6.07) is 0. The molecule has 2 nitrogen and oxygen atoms in total. The Kier molecular flexibility index (Phi) is 2.24. The van der Waals surface area contributed by atoms with Crippen LogP contribution in [0.5, 0.6) is 0 Å². The molecule has 0 aromatic carbocycles. The zero-order valence-corrected chi connectivity index (χ0v) is 5.64. The van der Waals surface area contributed by atoms with Crippen LogP contribution in [0.2, 0.25) is 0 Å². The fourth-order valence-electron chi connectivity index (χ4n) is 1.14. The summed E-state index contributed by atoms with van der Waals surface area (Å²) < 4.78 is 0. The van der Waals surface area contributed by atoms with Gasteiger partial charge in [-0.3, -0.25) is 0 Å². The van der Waals surface area contributed by atoms with Crippen LogP contribution in [-0.4, -0.2) is 15.4 Å². The highest BCUT2D eigenvalue weighted by molar-refractivity contribution is 7.45. The summed E-state index contributed by atoms with van der Waals surface area (Å²) in [4.78, 5) is 17.3. The maximum absolute atomic E-state index is 8.67. The molecule has 1 aliphatic rings. The van der Waals surface area contributed by atoms with Crippen molar-refractivity contribution in [3.8, 4) is 0 Å². The van der Waals surface area contributed by atoms with Gasteiger partial charge in [-0.2, -0.15) is 0 Å². The number of rotatable bonds is 1. The summed E-state index contributed by atoms with van der Waals surface area (Å²) in [5.41, 5.74) is 0.241. The third-order valence-corrected chi connectivity index (χ3v) is 2.82. The van der Waals surface area contributed by atoms with Gasteiger partial charge < -0.3 is 9.79 Å². The fraction of sp³-hybridized carbons (Fsp3) is 1.00. The Morgan fingerprint density at radius 3 is 1.88 bits per heavy atom. The van der Waals surface area contributed by atoms with Crippen molar-refractivity contribution >= 4 is 8.38 Å². The molecule has 0 aromatic rings. The molecule has 1 rings (SSSR count). The summed E-state index contributed by atoms with van der Waals surface area (Å²) in [5.74, 6) is 0. The summed E-state index contributed by atoms with van der Waals surface area (Å²) in [6.07, 6.45) is 4.42. The molecule has 1 fully saturated rings. The van der Waals surface area contributed by atoms with Crippen LogP contribution in [0.4, 0.5) is 0 Å². The summed E-state index contributed by atoms with van der Waals surface area (Å²) in [6.45, 7) is 0. The Morgan fingerprint density at radius 2 is 1.62 bits per heavy atom. The highest BCUT2D eigenvalue weighted by Crippen LogP contribution is 2.41. The van der Waals surface area contributed by atoms with Gasteiger partial charge in [0.15, 0.2) is 8.38 Å². The lowest BCUT2D eigenvalue weighted by Gasteiger charge is -2.07. The third-order valence-electron chi connectivity index (χ3n) is 1.65. The van der Waals surface area contributed by atoms with Crippen LogP contribution in [0.1, 0.15) is 25.7 Å². The van der Waals surface area contributed by atoms with Crippen LogP contribution in [0, 0.1) is 0 Å². The quantitative estimate of drug-likeness (QED) is 0.529. The molecule has 0 aliphatic heterocycles. The Bertz CT molecular complexity index is 68.8. The van der Waals surface area contributed by atoms with Gasteiger partial charge in [0.2, 0.25) is 0 Å². The van der Waals surface area contributed by atoms with Gasteiger partial charge in [0, 0.05) is 5.66 Å². The average molecular weight is 134 g/mol. The number of hydrogen-bond donors (Lipinski definition) is 2. The maximum Gasteiger partial charge on any atom is 0.168 e. The van der Waals surface area contributed by atoms with Gasteiger partial charge in [0.1, 0.15) is 0 Å². The van der Waals surface area contributed by atoms with E-state index in [-0.39, 0.29) is 5.66 Å². The number of hydrogen-bond acceptors (Lipinski definition) is 2. The van der Waals surface area contributed by atoms with Crippen LogP contribution < -0.4 is 0 Å². The van der Waals surface area contributed by atoms with E-state index in [1.54, 1.807) is 0 Å². The third kappa shape index (κ3) is 1.41. The zero-order chi connectivity index (χ0) is 5.98. The molecule has 1 saturated carbocycles. The second-order valence-corrected chi connectivity index (χ2v) is 3.63. The Morgan fingerprint density at radius 1 is 1.12 bits per heavy atom. The van der Waals surface area contributed by atoms with Gasteiger partial charge in [-0.1, -0.05) is 12.8 Å². The molecule has 0 radical (unpaired) electrons. The van der Waals surface area contributed by atoms with Crippen LogP contribution in [-0.2, 0) is 0 Å². The predicted octanol–water partition coefficient (Wildman–Crippen LogP) is 1.23. The first kappa shape index (κ1) is 6.47. The predicted molar refractivity (Wildman–Crippen MR) is 33.6 cm³/mol. The molecule has 0 atom stereocenters. The highest BCUT2D eigenvalue weighted by atomic mass is 31.2. The normalized spacial score (nSPS) is 22.9. The molecule has 0 spiro atoms. The SMILES string of the molecule is OP(O)C1CCCC1. The van der Waals surface area contributed by atoms with Crippen molar-refractivity contribution in [2.75, 3.05) is 0 Å². The smallest absolute Gasteiger partial charge is 0.168 e. The van der Waals surface area contributed by atoms with Crippen molar-refractivity contribution in [1.29, 1.82) is 0 Å². The van der Waals surface area contributed by atoms with E-state index >= 15 is 0 Å². The summed E-state index contributed by atoms with van der Waals surface area (Å²) in [5, 5.41) is 0. The molecule has 3 heteroatoms. The maximum atomic E-state index is 8.67. The standard InChI is InChI=1S/C5H11O2P/c6-8(7)5-3-1-2-4-5/h5-7H,1-4H2. The lowest BCUT2D eigenvalue weighted by molar-refractivity contribution is 0.464. The van der Waals surface area contributed by atoms with E-state index in [0.29, 0.717) is 0 Å². The largest absolute Gasteiger partial charge is 0.350 e. The lowest BCUT2D eigenvalue weighted by Crippen LogP contribution is -1.95. The molecule has 0 saturated heterocycles.